The number of aliphatic hydroxyl groups is 1. The molecule has 1 rings (SSSR count). The van der Waals surface area contributed by atoms with Gasteiger partial charge in [-0.25, -0.2) is 0 Å². The minimum Gasteiger partial charge on any atom is -0.481 e. The Hall–Kier alpha value is -1.39. The largest absolute Gasteiger partial charge is 0.481 e. The molecule has 0 heterocycles. The molecule has 100 valence electrons. The molecule has 1 aromatic carbocycles. The molecule has 0 saturated carbocycles. The highest BCUT2D eigenvalue weighted by atomic mass is 16.4. The van der Waals surface area contributed by atoms with Crippen LogP contribution in [0.3, 0.4) is 0 Å². The fourth-order valence-electron chi connectivity index (χ4n) is 1.95. The summed E-state index contributed by atoms with van der Waals surface area (Å²) in [4.78, 5) is 12.4. The zero-order valence-electron chi connectivity index (χ0n) is 11.2. The molecular weight excluding hydrogens is 230 g/mol. The smallest absolute Gasteiger partial charge is 0.306 e. The van der Waals surface area contributed by atoms with Gasteiger partial charge in [0.25, 0.3) is 0 Å². The number of rotatable bonds is 6. The van der Waals surface area contributed by atoms with E-state index in [-0.39, 0.29) is 6.42 Å². The second-order valence-corrected chi connectivity index (χ2v) is 4.88. The van der Waals surface area contributed by atoms with Gasteiger partial charge in [0, 0.05) is 13.1 Å². The van der Waals surface area contributed by atoms with E-state index in [4.69, 9.17) is 5.11 Å². The highest BCUT2D eigenvalue weighted by Gasteiger charge is 2.13. The van der Waals surface area contributed by atoms with Crippen LogP contribution in [0.15, 0.2) is 18.2 Å². The predicted octanol–water partition coefficient (Wildman–Crippen LogP) is 1.57. The lowest BCUT2D eigenvalue weighted by Gasteiger charge is -2.21. The summed E-state index contributed by atoms with van der Waals surface area (Å²) in [5.74, 6) is -0.970. The van der Waals surface area contributed by atoms with Crippen LogP contribution in [0.2, 0.25) is 0 Å². The summed E-state index contributed by atoms with van der Waals surface area (Å²) in [6.07, 6.45) is -1.03. The number of hydrogen-bond acceptors (Lipinski definition) is 3. The van der Waals surface area contributed by atoms with Crippen molar-refractivity contribution in [2.75, 3.05) is 13.6 Å². The molecule has 0 radical (unpaired) electrons. The first-order chi connectivity index (χ1) is 8.38. The Balaban J connectivity index is 2.56. The third-order valence-corrected chi connectivity index (χ3v) is 2.88. The molecule has 0 saturated heterocycles. The number of carboxylic acids is 1. The van der Waals surface area contributed by atoms with E-state index in [1.807, 2.05) is 18.9 Å². The lowest BCUT2D eigenvalue weighted by Crippen LogP contribution is -2.30. The van der Waals surface area contributed by atoms with Crippen molar-refractivity contribution in [3.05, 3.63) is 34.9 Å². The van der Waals surface area contributed by atoms with Crippen LogP contribution in [0.1, 0.15) is 23.1 Å². The van der Waals surface area contributed by atoms with Gasteiger partial charge in [-0.05, 0) is 32.0 Å². The minimum atomic E-state index is -0.970. The molecule has 0 aromatic heterocycles. The zero-order chi connectivity index (χ0) is 13.7. The Morgan fingerprint density at radius 3 is 2.67 bits per heavy atom. The number of nitrogens with zero attached hydrogens (tertiary/aromatic N) is 1. The third kappa shape index (κ3) is 4.85. The van der Waals surface area contributed by atoms with E-state index >= 15 is 0 Å². The van der Waals surface area contributed by atoms with Crippen LogP contribution in [0.25, 0.3) is 0 Å². The Labute approximate surface area is 108 Å². The van der Waals surface area contributed by atoms with E-state index in [0.717, 1.165) is 0 Å². The average Bonchev–Trinajstić information content (AvgIpc) is 2.21. The van der Waals surface area contributed by atoms with Crippen LogP contribution in [-0.2, 0) is 11.3 Å². The van der Waals surface area contributed by atoms with Crippen LogP contribution >= 0.6 is 0 Å². The maximum absolute atomic E-state index is 10.5. The fourth-order valence-corrected chi connectivity index (χ4v) is 1.95. The lowest BCUT2D eigenvalue weighted by molar-refractivity contribution is -0.139. The van der Waals surface area contributed by atoms with Crippen molar-refractivity contribution >= 4 is 5.97 Å². The molecule has 4 nitrogen and oxygen atoms in total. The van der Waals surface area contributed by atoms with Crippen LogP contribution < -0.4 is 0 Å². The monoisotopic (exact) mass is 251 g/mol. The highest BCUT2D eigenvalue weighted by Crippen LogP contribution is 2.13. The summed E-state index contributed by atoms with van der Waals surface area (Å²) in [7, 11) is 1.88. The van der Waals surface area contributed by atoms with E-state index in [1.165, 1.54) is 16.7 Å². The molecule has 1 atom stereocenters. The molecule has 0 aliphatic carbocycles. The van der Waals surface area contributed by atoms with Gasteiger partial charge in [0.1, 0.15) is 0 Å². The van der Waals surface area contributed by atoms with Gasteiger partial charge in [-0.3, -0.25) is 9.69 Å². The van der Waals surface area contributed by atoms with Crippen molar-refractivity contribution in [1.29, 1.82) is 0 Å². The molecule has 2 N–H and O–H groups in total. The molecule has 0 amide bonds. The maximum Gasteiger partial charge on any atom is 0.306 e. The second kappa shape index (κ2) is 6.52. The molecular formula is C14H21NO3. The van der Waals surface area contributed by atoms with Gasteiger partial charge in [-0.1, -0.05) is 23.8 Å². The Bertz CT molecular complexity index is 418. The van der Waals surface area contributed by atoms with Gasteiger partial charge < -0.3 is 10.2 Å². The first kappa shape index (κ1) is 14.7. The number of carbonyl (C=O) groups is 1. The second-order valence-electron chi connectivity index (χ2n) is 4.88. The van der Waals surface area contributed by atoms with E-state index in [1.54, 1.807) is 0 Å². The Kier molecular flexibility index (Phi) is 5.31. The van der Waals surface area contributed by atoms with Crippen molar-refractivity contribution in [2.24, 2.45) is 0 Å². The first-order valence-corrected chi connectivity index (χ1v) is 6.03. The molecule has 0 bridgehead atoms. The number of benzene rings is 1. The number of carboxylic acid groups (broad SMARTS) is 1. The van der Waals surface area contributed by atoms with E-state index in [9.17, 15) is 9.90 Å². The van der Waals surface area contributed by atoms with Gasteiger partial charge in [-0.15, -0.1) is 0 Å². The molecule has 0 aliphatic rings. The van der Waals surface area contributed by atoms with E-state index in [2.05, 4.69) is 25.1 Å². The van der Waals surface area contributed by atoms with Crippen LogP contribution in [0, 0.1) is 13.8 Å². The van der Waals surface area contributed by atoms with Crippen molar-refractivity contribution < 1.29 is 15.0 Å². The van der Waals surface area contributed by atoms with Gasteiger partial charge in [0.15, 0.2) is 0 Å². The number of aliphatic hydroxyl groups excluding tert-OH is 1. The lowest BCUT2D eigenvalue weighted by atomic mass is 10.1. The summed E-state index contributed by atoms with van der Waals surface area (Å²) < 4.78 is 0. The molecule has 18 heavy (non-hydrogen) atoms. The van der Waals surface area contributed by atoms with Gasteiger partial charge in [0.2, 0.25) is 0 Å². The van der Waals surface area contributed by atoms with E-state index in [0.29, 0.717) is 13.1 Å². The normalized spacial score (nSPS) is 12.7. The molecule has 0 fully saturated rings. The maximum atomic E-state index is 10.5. The Morgan fingerprint density at radius 1 is 1.39 bits per heavy atom. The van der Waals surface area contributed by atoms with Gasteiger partial charge in [0.05, 0.1) is 12.5 Å². The van der Waals surface area contributed by atoms with Crippen molar-refractivity contribution in [1.82, 2.24) is 4.90 Å². The SMILES string of the molecule is Cc1ccc(C)c(CN(C)CC(O)CC(=O)O)c1. The summed E-state index contributed by atoms with van der Waals surface area (Å²) >= 11 is 0. The Morgan fingerprint density at radius 2 is 2.06 bits per heavy atom. The highest BCUT2D eigenvalue weighted by molar-refractivity contribution is 5.67. The van der Waals surface area contributed by atoms with Crippen LogP contribution in [0.5, 0.6) is 0 Å². The topological polar surface area (TPSA) is 60.8 Å². The molecule has 1 unspecified atom stereocenters. The predicted molar refractivity (Wildman–Crippen MR) is 70.5 cm³/mol. The third-order valence-electron chi connectivity index (χ3n) is 2.88. The minimum absolute atomic E-state index is 0.211. The standard InChI is InChI=1S/C14H21NO3/c1-10-4-5-11(2)12(6-10)8-15(3)9-13(16)7-14(17)18/h4-6,13,16H,7-9H2,1-3H3,(H,17,18). The summed E-state index contributed by atoms with van der Waals surface area (Å²) in [6, 6.07) is 6.26. The summed E-state index contributed by atoms with van der Waals surface area (Å²) in [5, 5.41) is 18.2. The molecule has 1 aromatic rings. The van der Waals surface area contributed by atoms with Crippen molar-refractivity contribution in [2.45, 2.75) is 32.9 Å². The number of hydrogen-bond donors (Lipinski definition) is 2. The molecule has 0 aliphatic heterocycles. The van der Waals surface area contributed by atoms with Crippen LogP contribution in [0.4, 0.5) is 0 Å². The fraction of sp³-hybridized carbons (Fsp3) is 0.500. The molecule has 0 spiro atoms. The van der Waals surface area contributed by atoms with Crippen molar-refractivity contribution in [3.8, 4) is 0 Å². The average molecular weight is 251 g/mol. The van der Waals surface area contributed by atoms with Crippen molar-refractivity contribution in [3.63, 3.8) is 0 Å². The van der Waals surface area contributed by atoms with Crippen LogP contribution in [-0.4, -0.2) is 40.8 Å². The van der Waals surface area contributed by atoms with Gasteiger partial charge in [-0.2, -0.15) is 0 Å². The van der Waals surface area contributed by atoms with E-state index < -0.39 is 12.1 Å². The summed E-state index contributed by atoms with van der Waals surface area (Å²) in [6.45, 7) is 5.17. The quantitative estimate of drug-likeness (QED) is 0.805. The number of likely N-dealkylation sites (N-methyl/N-ethyl adjacent to an activating group) is 1. The first-order valence-electron chi connectivity index (χ1n) is 6.03. The number of aliphatic carboxylic acids is 1. The zero-order valence-corrected chi connectivity index (χ0v) is 11.2. The van der Waals surface area contributed by atoms with Gasteiger partial charge >= 0.3 is 5.97 Å². The number of aryl methyl sites for hydroxylation is 2. The summed E-state index contributed by atoms with van der Waals surface area (Å²) in [5.41, 5.74) is 3.62. The molecule has 4 heteroatoms.